The van der Waals surface area contributed by atoms with Crippen molar-refractivity contribution in [2.75, 3.05) is 5.01 Å². The van der Waals surface area contributed by atoms with E-state index in [0.29, 0.717) is 22.8 Å². The predicted molar refractivity (Wildman–Crippen MR) is 108 cm³/mol. The molecule has 5 nitrogen and oxygen atoms in total. The van der Waals surface area contributed by atoms with Crippen molar-refractivity contribution in [2.24, 2.45) is 5.10 Å². The number of amides is 2. The molecule has 2 amide bonds. The Kier molecular flexibility index (Phi) is 5.61. The zero-order valence-corrected chi connectivity index (χ0v) is 16.4. The third-order valence-electron chi connectivity index (χ3n) is 4.70. The maximum atomic E-state index is 12.7. The van der Waals surface area contributed by atoms with Crippen LogP contribution in [0.2, 0.25) is 5.02 Å². The Labute approximate surface area is 164 Å². The van der Waals surface area contributed by atoms with Gasteiger partial charge in [0.25, 0.3) is 5.91 Å². The highest BCUT2D eigenvalue weighted by atomic mass is 35.5. The number of rotatable bonds is 4. The smallest absolute Gasteiger partial charge is 0.267 e. The van der Waals surface area contributed by atoms with Gasteiger partial charge in [-0.15, -0.1) is 0 Å². The van der Waals surface area contributed by atoms with Gasteiger partial charge in [0, 0.05) is 17.9 Å². The molecule has 1 heterocycles. The molecule has 0 spiro atoms. The van der Waals surface area contributed by atoms with Crippen LogP contribution in [-0.4, -0.2) is 17.5 Å². The van der Waals surface area contributed by atoms with Gasteiger partial charge in [-0.1, -0.05) is 41.9 Å². The number of hydrogen-bond donors (Lipinski definition) is 1. The molecular formula is C21H22ClN3O2. The number of halogens is 1. The maximum Gasteiger partial charge on any atom is 0.267 e. The van der Waals surface area contributed by atoms with Crippen LogP contribution >= 0.6 is 11.6 Å². The van der Waals surface area contributed by atoms with Crippen molar-refractivity contribution in [3.63, 3.8) is 0 Å². The van der Waals surface area contributed by atoms with Crippen molar-refractivity contribution in [3.8, 4) is 0 Å². The van der Waals surface area contributed by atoms with Crippen LogP contribution in [0.3, 0.4) is 0 Å². The number of anilines is 1. The summed E-state index contributed by atoms with van der Waals surface area (Å²) in [5.74, 6) is -0.417. The lowest BCUT2D eigenvalue weighted by Gasteiger charge is -2.24. The second-order valence-corrected chi connectivity index (χ2v) is 7.14. The monoisotopic (exact) mass is 383 g/mol. The van der Waals surface area contributed by atoms with Crippen molar-refractivity contribution >= 4 is 34.8 Å². The number of aryl methyl sites for hydroxylation is 2. The summed E-state index contributed by atoms with van der Waals surface area (Å²) in [5.41, 5.74) is 3.99. The SMILES string of the molecule is Cc1ccc(N2N=C(C(=O)NC(C)c3ccccc3C)CCC2=O)cc1Cl. The zero-order chi connectivity index (χ0) is 19.6. The summed E-state index contributed by atoms with van der Waals surface area (Å²) in [6.07, 6.45) is 0.553. The van der Waals surface area contributed by atoms with Crippen molar-refractivity contribution in [1.82, 2.24) is 5.32 Å². The van der Waals surface area contributed by atoms with Crippen LogP contribution in [-0.2, 0) is 9.59 Å². The van der Waals surface area contributed by atoms with Crippen molar-refractivity contribution in [1.29, 1.82) is 0 Å². The molecule has 1 aliphatic heterocycles. The van der Waals surface area contributed by atoms with Gasteiger partial charge in [0.1, 0.15) is 5.71 Å². The Morgan fingerprint density at radius 2 is 1.89 bits per heavy atom. The Morgan fingerprint density at radius 1 is 1.15 bits per heavy atom. The third-order valence-corrected chi connectivity index (χ3v) is 5.10. The summed E-state index contributed by atoms with van der Waals surface area (Å²) >= 11 is 6.17. The molecule has 0 bridgehead atoms. The molecule has 27 heavy (non-hydrogen) atoms. The van der Waals surface area contributed by atoms with E-state index in [1.54, 1.807) is 12.1 Å². The summed E-state index contributed by atoms with van der Waals surface area (Å²) in [7, 11) is 0. The number of hydrazone groups is 1. The lowest BCUT2D eigenvalue weighted by molar-refractivity contribution is -0.119. The molecule has 1 aliphatic rings. The van der Waals surface area contributed by atoms with E-state index >= 15 is 0 Å². The van der Waals surface area contributed by atoms with E-state index < -0.39 is 0 Å². The van der Waals surface area contributed by atoms with E-state index in [2.05, 4.69) is 10.4 Å². The van der Waals surface area contributed by atoms with Gasteiger partial charge < -0.3 is 5.32 Å². The van der Waals surface area contributed by atoms with Crippen molar-refractivity contribution in [2.45, 2.75) is 39.7 Å². The molecule has 2 aromatic rings. The highest BCUT2D eigenvalue weighted by Crippen LogP contribution is 2.26. The van der Waals surface area contributed by atoms with Gasteiger partial charge in [0.2, 0.25) is 5.91 Å². The first-order chi connectivity index (χ1) is 12.9. The number of hydrogen-bond acceptors (Lipinski definition) is 3. The zero-order valence-electron chi connectivity index (χ0n) is 15.6. The van der Waals surface area contributed by atoms with Gasteiger partial charge in [-0.3, -0.25) is 9.59 Å². The third kappa shape index (κ3) is 4.19. The van der Waals surface area contributed by atoms with Crippen LogP contribution in [0, 0.1) is 13.8 Å². The number of nitrogens with zero attached hydrogens (tertiary/aromatic N) is 2. The van der Waals surface area contributed by atoms with E-state index in [1.807, 2.05) is 51.1 Å². The molecule has 6 heteroatoms. The predicted octanol–water partition coefficient (Wildman–Crippen LogP) is 4.32. The highest BCUT2D eigenvalue weighted by molar-refractivity contribution is 6.40. The molecule has 0 saturated heterocycles. The molecule has 3 rings (SSSR count). The summed E-state index contributed by atoms with van der Waals surface area (Å²) in [4.78, 5) is 25.0. The quantitative estimate of drug-likeness (QED) is 0.854. The first kappa shape index (κ1) is 19.1. The molecule has 2 aromatic carbocycles. The Balaban J connectivity index is 1.80. The molecule has 0 aromatic heterocycles. The minimum absolute atomic E-state index is 0.152. The van der Waals surface area contributed by atoms with Crippen LogP contribution in [0.15, 0.2) is 47.6 Å². The summed E-state index contributed by atoms with van der Waals surface area (Å²) in [6.45, 7) is 5.84. The number of carbonyl (C=O) groups excluding carboxylic acids is 2. The van der Waals surface area contributed by atoms with E-state index in [0.717, 1.165) is 16.7 Å². The summed E-state index contributed by atoms with van der Waals surface area (Å²) < 4.78 is 0. The van der Waals surface area contributed by atoms with Crippen LogP contribution < -0.4 is 10.3 Å². The van der Waals surface area contributed by atoms with Gasteiger partial charge >= 0.3 is 0 Å². The average Bonchev–Trinajstić information content (AvgIpc) is 2.64. The molecule has 0 radical (unpaired) electrons. The van der Waals surface area contributed by atoms with Gasteiger partial charge in [0.15, 0.2) is 0 Å². The fraction of sp³-hybridized carbons (Fsp3) is 0.286. The second kappa shape index (κ2) is 7.92. The first-order valence-corrected chi connectivity index (χ1v) is 9.27. The van der Waals surface area contributed by atoms with Crippen LogP contribution in [0.25, 0.3) is 0 Å². The van der Waals surface area contributed by atoms with Crippen LogP contribution in [0.1, 0.15) is 42.5 Å². The van der Waals surface area contributed by atoms with Crippen molar-refractivity contribution in [3.05, 3.63) is 64.2 Å². The molecule has 140 valence electrons. The molecule has 1 unspecified atom stereocenters. The summed E-state index contributed by atoms with van der Waals surface area (Å²) in [5, 5.41) is 9.10. The first-order valence-electron chi connectivity index (χ1n) is 8.90. The van der Waals surface area contributed by atoms with Crippen molar-refractivity contribution < 1.29 is 9.59 Å². The summed E-state index contributed by atoms with van der Waals surface area (Å²) in [6, 6.07) is 13.1. The van der Waals surface area contributed by atoms with Gasteiger partial charge in [-0.25, -0.2) is 5.01 Å². The Hall–Kier alpha value is -2.66. The maximum absolute atomic E-state index is 12.7. The molecule has 1 N–H and O–H groups in total. The normalized spacial score (nSPS) is 15.3. The average molecular weight is 384 g/mol. The van der Waals surface area contributed by atoms with Gasteiger partial charge in [-0.2, -0.15) is 5.10 Å². The van der Waals surface area contributed by atoms with E-state index in [1.165, 1.54) is 5.01 Å². The van der Waals surface area contributed by atoms with Crippen LogP contribution in [0.5, 0.6) is 0 Å². The molecule has 0 saturated carbocycles. The fourth-order valence-corrected chi connectivity index (χ4v) is 3.24. The lowest BCUT2D eigenvalue weighted by Crippen LogP contribution is -2.40. The topological polar surface area (TPSA) is 61.8 Å². The minimum atomic E-state index is -0.263. The van der Waals surface area contributed by atoms with E-state index in [4.69, 9.17) is 11.6 Å². The van der Waals surface area contributed by atoms with Crippen LogP contribution in [0.4, 0.5) is 5.69 Å². The molecule has 1 atom stereocenters. The number of benzene rings is 2. The highest BCUT2D eigenvalue weighted by Gasteiger charge is 2.26. The molecule has 0 fully saturated rings. The number of nitrogens with one attached hydrogen (secondary N) is 1. The standard InChI is InChI=1S/C21H22ClN3O2/c1-13-6-4-5-7-17(13)15(3)23-21(27)19-10-11-20(26)25(24-19)16-9-8-14(2)18(22)12-16/h4-9,12,15H,10-11H2,1-3H3,(H,23,27). The molecule has 0 aliphatic carbocycles. The Bertz CT molecular complexity index is 923. The second-order valence-electron chi connectivity index (χ2n) is 6.74. The minimum Gasteiger partial charge on any atom is -0.344 e. The molecular weight excluding hydrogens is 362 g/mol. The Morgan fingerprint density at radius 3 is 2.59 bits per heavy atom. The van der Waals surface area contributed by atoms with Gasteiger partial charge in [-0.05, 0) is 49.6 Å². The largest absolute Gasteiger partial charge is 0.344 e. The number of carbonyl (C=O) groups is 2. The van der Waals surface area contributed by atoms with Gasteiger partial charge in [0.05, 0.1) is 11.7 Å². The lowest BCUT2D eigenvalue weighted by atomic mass is 10.0. The fourth-order valence-electron chi connectivity index (χ4n) is 3.06. The van der Waals surface area contributed by atoms with E-state index in [9.17, 15) is 9.59 Å². The van der Waals surface area contributed by atoms with E-state index in [-0.39, 0.29) is 24.3 Å².